The molecule has 1 unspecified atom stereocenters. The quantitative estimate of drug-likeness (QED) is 0.621. The van der Waals surface area contributed by atoms with Crippen molar-refractivity contribution in [3.63, 3.8) is 0 Å². The maximum atomic E-state index is 12.2. The fourth-order valence-corrected chi connectivity index (χ4v) is 2.22. The predicted octanol–water partition coefficient (Wildman–Crippen LogP) is 0.861. The zero-order valence-corrected chi connectivity index (χ0v) is 11.9. The van der Waals surface area contributed by atoms with Crippen LogP contribution in [0.15, 0.2) is 30.3 Å². The Morgan fingerprint density at radius 3 is 2.71 bits per heavy atom. The number of imide groups is 1. The maximum Gasteiger partial charge on any atom is 0.307 e. The molecule has 0 saturated carbocycles. The van der Waals surface area contributed by atoms with Crippen LogP contribution in [0.2, 0.25) is 0 Å². The molecule has 1 atom stereocenters. The molecule has 1 aromatic carbocycles. The Labute approximate surface area is 123 Å². The van der Waals surface area contributed by atoms with Crippen LogP contribution >= 0.6 is 0 Å². The van der Waals surface area contributed by atoms with E-state index in [0.29, 0.717) is 18.8 Å². The van der Waals surface area contributed by atoms with E-state index in [1.165, 1.54) is 4.90 Å². The van der Waals surface area contributed by atoms with Crippen molar-refractivity contribution in [1.82, 2.24) is 5.32 Å². The summed E-state index contributed by atoms with van der Waals surface area (Å²) in [6, 6.07) is 8.23. The van der Waals surface area contributed by atoms with E-state index in [9.17, 15) is 14.4 Å². The number of hydrogen-bond acceptors (Lipinski definition) is 5. The van der Waals surface area contributed by atoms with Crippen LogP contribution in [0.5, 0.6) is 0 Å². The number of anilines is 1. The molecule has 0 radical (unpaired) electrons. The number of ether oxygens (including phenoxy) is 1. The third kappa shape index (κ3) is 3.66. The van der Waals surface area contributed by atoms with Crippen molar-refractivity contribution in [3.8, 4) is 0 Å². The van der Waals surface area contributed by atoms with Crippen LogP contribution in [-0.4, -0.2) is 37.0 Å². The van der Waals surface area contributed by atoms with E-state index < -0.39 is 6.04 Å². The number of para-hydroxylation sites is 1. The van der Waals surface area contributed by atoms with E-state index >= 15 is 0 Å². The van der Waals surface area contributed by atoms with Gasteiger partial charge in [0.1, 0.15) is 0 Å². The van der Waals surface area contributed by atoms with Crippen molar-refractivity contribution >= 4 is 23.5 Å². The summed E-state index contributed by atoms with van der Waals surface area (Å²) in [4.78, 5) is 36.6. The van der Waals surface area contributed by atoms with E-state index in [1.54, 1.807) is 31.2 Å². The van der Waals surface area contributed by atoms with Crippen molar-refractivity contribution in [3.05, 3.63) is 30.3 Å². The van der Waals surface area contributed by atoms with E-state index in [-0.39, 0.29) is 30.6 Å². The Hall–Kier alpha value is -2.21. The molecule has 0 aliphatic carbocycles. The SMILES string of the molecule is CCOC(=O)CCNC1CC(=O)N(c2ccccc2)C1=O. The minimum atomic E-state index is -0.577. The zero-order valence-electron chi connectivity index (χ0n) is 11.9. The van der Waals surface area contributed by atoms with Crippen LogP contribution in [0, 0.1) is 0 Å². The summed E-state index contributed by atoms with van der Waals surface area (Å²) in [5, 5.41) is 2.94. The summed E-state index contributed by atoms with van der Waals surface area (Å²) in [7, 11) is 0. The summed E-state index contributed by atoms with van der Waals surface area (Å²) in [5.74, 6) is -0.836. The van der Waals surface area contributed by atoms with Crippen LogP contribution < -0.4 is 10.2 Å². The van der Waals surface area contributed by atoms with Crippen molar-refractivity contribution in [2.24, 2.45) is 0 Å². The molecular formula is C15H18N2O4. The normalized spacial score (nSPS) is 18.1. The fraction of sp³-hybridized carbons (Fsp3) is 0.400. The van der Waals surface area contributed by atoms with Gasteiger partial charge >= 0.3 is 5.97 Å². The first-order valence-corrected chi connectivity index (χ1v) is 6.94. The number of carbonyl (C=O) groups excluding carboxylic acids is 3. The molecule has 1 aliphatic heterocycles. The van der Waals surface area contributed by atoms with Gasteiger partial charge in [-0.15, -0.1) is 0 Å². The Morgan fingerprint density at radius 2 is 2.05 bits per heavy atom. The predicted molar refractivity (Wildman–Crippen MR) is 76.6 cm³/mol. The van der Waals surface area contributed by atoms with Crippen molar-refractivity contribution in [2.75, 3.05) is 18.1 Å². The standard InChI is InChI=1S/C15H18N2O4/c1-2-21-14(19)8-9-16-12-10-13(18)17(15(12)20)11-6-4-3-5-7-11/h3-7,12,16H,2,8-10H2,1H3. The lowest BCUT2D eigenvalue weighted by molar-refractivity contribution is -0.143. The Kier molecular flexibility index (Phi) is 5.05. The molecule has 1 heterocycles. The van der Waals surface area contributed by atoms with Gasteiger partial charge in [0.25, 0.3) is 5.91 Å². The van der Waals surface area contributed by atoms with Crippen LogP contribution in [0.4, 0.5) is 5.69 Å². The van der Waals surface area contributed by atoms with Gasteiger partial charge in [-0.25, -0.2) is 4.90 Å². The second kappa shape index (κ2) is 6.99. The first-order valence-electron chi connectivity index (χ1n) is 6.94. The molecule has 1 aliphatic rings. The van der Waals surface area contributed by atoms with Crippen LogP contribution in [-0.2, 0) is 19.1 Å². The monoisotopic (exact) mass is 290 g/mol. The topological polar surface area (TPSA) is 75.7 Å². The Bertz CT molecular complexity index is 530. The molecule has 0 bridgehead atoms. The minimum Gasteiger partial charge on any atom is -0.466 e. The molecule has 1 aromatic rings. The number of hydrogen-bond donors (Lipinski definition) is 1. The van der Waals surface area contributed by atoms with Crippen LogP contribution in [0.25, 0.3) is 0 Å². The highest BCUT2D eigenvalue weighted by Crippen LogP contribution is 2.22. The number of esters is 1. The number of carbonyl (C=O) groups is 3. The van der Waals surface area contributed by atoms with Gasteiger partial charge in [0.15, 0.2) is 0 Å². The number of amides is 2. The van der Waals surface area contributed by atoms with Crippen LogP contribution in [0.1, 0.15) is 19.8 Å². The molecule has 1 saturated heterocycles. The highest BCUT2D eigenvalue weighted by molar-refractivity contribution is 6.22. The van der Waals surface area contributed by atoms with Crippen molar-refractivity contribution in [2.45, 2.75) is 25.8 Å². The third-order valence-corrected chi connectivity index (χ3v) is 3.19. The van der Waals surface area contributed by atoms with Gasteiger partial charge in [-0.3, -0.25) is 14.4 Å². The third-order valence-electron chi connectivity index (χ3n) is 3.19. The molecule has 6 nitrogen and oxygen atoms in total. The van der Waals surface area contributed by atoms with E-state index in [1.807, 2.05) is 6.07 Å². The van der Waals surface area contributed by atoms with Gasteiger partial charge in [-0.2, -0.15) is 0 Å². The van der Waals surface area contributed by atoms with Gasteiger partial charge in [-0.05, 0) is 19.1 Å². The average molecular weight is 290 g/mol. The van der Waals surface area contributed by atoms with Gasteiger partial charge < -0.3 is 10.1 Å². The first kappa shape index (κ1) is 15.2. The van der Waals surface area contributed by atoms with E-state index in [2.05, 4.69) is 5.32 Å². The van der Waals surface area contributed by atoms with E-state index in [4.69, 9.17) is 4.74 Å². The summed E-state index contributed by atoms with van der Waals surface area (Å²) >= 11 is 0. The maximum absolute atomic E-state index is 12.2. The van der Waals surface area contributed by atoms with Gasteiger partial charge in [0, 0.05) is 6.54 Å². The molecule has 2 rings (SSSR count). The average Bonchev–Trinajstić information content (AvgIpc) is 2.75. The number of rotatable bonds is 6. The second-order valence-corrected chi connectivity index (χ2v) is 4.67. The summed E-state index contributed by atoms with van der Waals surface area (Å²) in [6.45, 7) is 2.38. The Morgan fingerprint density at radius 1 is 1.33 bits per heavy atom. The summed E-state index contributed by atoms with van der Waals surface area (Å²) < 4.78 is 4.80. The molecule has 112 valence electrons. The van der Waals surface area contributed by atoms with Gasteiger partial charge in [0.05, 0.1) is 31.2 Å². The highest BCUT2D eigenvalue weighted by atomic mass is 16.5. The smallest absolute Gasteiger partial charge is 0.307 e. The highest BCUT2D eigenvalue weighted by Gasteiger charge is 2.39. The van der Waals surface area contributed by atoms with Crippen molar-refractivity contribution < 1.29 is 19.1 Å². The molecule has 0 aromatic heterocycles. The fourth-order valence-electron chi connectivity index (χ4n) is 2.22. The molecule has 6 heteroatoms. The molecule has 2 amide bonds. The molecule has 1 fully saturated rings. The first-order chi connectivity index (χ1) is 10.1. The largest absolute Gasteiger partial charge is 0.466 e. The van der Waals surface area contributed by atoms with Crippen LogP contribution in [0.3, 0.4) is 0 Å². The number of nitrogens with zero attached hydrogens (tertiary/aromatic N) is 1. The second-order valence-electron chi connectivity index (χ2n) is 4.67. The number of benzene rings is 1. The Balaban J connectivity index is 1.91. The lowest BCUT2D eigenvalue weighted by atomic mass is 10.2. The number of nitrogens with one attached hydrogen (secondary N) is 1. The van der Waals surface area contributed by atoms with E-state index in [0.717, 1.165) is 0 Å². The lowest BCUT2D eigenvalue weighted by Gasteiger charge is -2.15. The molecular weight excluding hydrogens is 272 g/mol. The minimum absolute atomic E-state index is 0.108. The molecule has 0 spiro atoms. The van der Waals surface area contributed by atoms with Gasteiger partial charge in [0.2, 0.25) is 5.91 Å². The summed E-state index contributed by atoms with van der Waals surface area (Å²) in [5.41, 5.74) is 0.571. The van der Waals surface area contributed by atoms with Crippen molar-refractivity contribution in [1.29, 1.82) is 0 Å². The van der Waals surface area contributed by atoms with Gasteiger partial charge in [-0.1, -0.05) is 18.2 Å². The molecule has 1 N–H and O–H groups in total. The molecule has 21 heavy (non-hydrogen) atoms. The summed E-state index contributed by atoms with van der Waals surface area (Å²) in [6.07, 6.45) is 0.285. The zero-order chi connectivity index (χ0) is 15.2. The lowest BCUT2D eigenvalue weighted by Crippen LogP contribution is -2.39.